The first-order valence-electron chi connectivity index (χ1n) is 8.18. The standard InChI is InChI=1S/C18H32/c1-17(2,3)15-12-7-11-8-13(10-12)16(14(15)9-11)18(4,5)6/h11-16H,7-10H2,1-6H3. The smallest absolute Gasteiger partial charge is 0.0305 e. The minimum Gasteiger partial charge on any atom is -0.0599 e. The molecule has 0 aromatic carbocycles. The first-order chi connectivity index (χ1) is 8.18. The molecule has 4 aliphatic rings. The molecule has 0 N–H and O–H groups in total. The summed E-state index contributed by atoms with van der Waals surface area (Å²) in [7, 11) is 0. The number of rotatable bonds is 0. The van der Waals surface area contributed by atoms with Gasteiger partial charge in [0.15, 0.2) is 0 Å². The lowest BCUT2D eigenvalue weighted by Gasteiger charge is -2.64. The van der Waals surface area contributed by atoms with Crippen molar-refractivity contribution in [3.8, 4) is 0 Å². The second-order valence-electron chi connectivity index (χ2n) is 9.78. The lowest BCUT2D eigenvalue weighted by atomic mass is 9.41. The second kappa shape index (κ2) is 3.76. The fourth-order valence-corrected chi connectivity index (χ4v) is 6.61. The van der Waals surface area contributed by atoms with Crippen LogP contribution in [0.5, 0.6) is 0 Å². The van der Waals surface area contributed by atoms with E-state index in [1.165, 1.54) is 0 Å². The molecular formula is C18H32. The van der Waals surface area contributed by atoms with Crippen molar-refractivity contribution in [2.24, 2.45) is 46.3 Å². The summed E-state index contributed by atoms with van der Waals surface area (Å²) < 4.78 is 0. The minimum atomic E-state index is 0.520. The molecule has 18 heavy (non-hydrogen) atoms. The van der Waals surface area contributed by atoms with E-state index in [4.69, 9.17) is 0 Å². The molecule has 0 radical (unpaired) electrons. The first kappa shape index (κ1) is 13.0. The van der Waals surface area contributed by atoms with Crippen LogP contribution in [0.3, 0.4) is 0 Å². The monoisotopic (exact) mass is 248 g/mol. The van der Waals surface area contributed by atoms with Crippen LogP contribution >= 0.6 is 0 Å². The van der Waals surface area contributed by atoms with Gasteiger partial charge in [0, 0.05) is 0 Å². The zero-order chi connectivity index (χ0) is 13.3. The molecule has 0 nitrogen and oxygen atoms in total. The Labute approximate surface area is 114 Å². The van der Waals surface area contributed by atoms with Gasteiger partial charge in [-0.1, -0.05) is 41.5 Å². The highest BCUT2D eigenvalue weighted by atomic mass is 14.6. The minimum absolute atomic E-state index is 0.520. The molecule has 4 saturated carbocycles. The average molecular weight is 248 g/mol. The summed E-state index contributed by atoms with van der Waals surface area (Å²) in [5.41, 5.74) is 1.04. The topological polar surface area (TPSA) is 0 Å². The van der Waals surface area contributed by atoms with Gasteiger partial charge in [0.1, 0.15) is 0 Å². The van der Waals surface area contributed by atoms with Crippen LogP contribution in [0.1, 0.15) is 67.2 Å². The van der Waals surface area contributed by atoms with Gasteiger partial charge in [-0.3, -0.25) is 0 Å². The number of hydrogen-bond acceptors (Lipinski definition) is 0. The number of hydrogen-bond donors (Lipinski definition) is 0. The van der Waals surface area contributed by atoms with Crippen LogP contribution in [0.15, 0.2) is 0 Å². The molecule has 4 atom stereocenters. The quantitative estimate of drug-likeness (QED) is 0.540. The van der Waals surface area contributed by atoms with Crippen LogP contribution in [0.25, 0.3) is 0 Å². The Kier molecular flexibility index (Phi) is 2.72. The van der Waals surface area contributed by atoms with Gasteiger partial charge >= 0.3 is 0 Å². The molecule has 4 unspecified atom stereocenters. The molecule has 0 aromatic heterocycles. The van der Waals surface area contributed by atoms with Crippen LogP contribution in [0.4, 0.5) is 0 Å². The molecule has 0 aromatic rings. The summed E-state index contributed by atoms with van der Waals surface area (Å²) >= 11 is 0. The van der Waals surface area contributed by atoms with Crippen molar-refractivity contribution < 1.29 is 0 Å². The van der Waals surface area contributed by atoms with Gasteiger partial charge in [-0.15, -0.1) is 0 Å². The van der Waals surface area contributed by atoms with E-state index in [2.05, 4.69) is 41.5 Å². The van der Waals surface area contributed by atoms with E-state index < -0.39 is 0 Å². The van der Waals surface area contributed by atoms with Crippen LogP contribution in [0.2, 0.25) is 0 Å². The van der Waals surface area contributed by atoms with Crippen LogP contribution < -0.4 is 0 Å². The molecular weight excluding hydrogens is 216 g/mol. The van der Waals surface area contributed by atoms with E-state index in [-0.39, 0.29) is 0 Å². The van der Waals surface area contributed by atoms with E-state index in [0.717, 1.165) is 35.5 Å². The van der Waals surface area contributed by atoms with Crippen molar-refractivity contribution in [2.45, 2.75) is 67.2 Å². The molecule has 4 fully saturated rings. The zero-order valence-corrected chi connectivity index (χ0v) is 13.3. The largest absolute Gasteiger partial charge is 0.0599 e. The molecule has 0 heteroatoms. The summed E-state index contributed by atoms with van der Waals surface area (Å²) in [5.74, 6) is 6.23. The third kappa shape index (κ3) is 1.86. The predicted octanol–water partition coefficient (Wildman–Crippen LogP) is 5.38. The Bertz CT molecular complexity index is 297. The van der Waals surface area contributed by atoms with E-state index in [0.29, 0.717) is 10.8 Å². The highest BCUT2D eigenvalue weighted by molar-refractivity contribution is 5.07. The summed E-state index contributed by atoms with van der Waals surface area (Å²) in [6, 6.07) is 0. The molecule has 4 rings (SSSR count). The summed E-state index contributed by atoms with van der Waals surface area (Å²) in [6.45, 7) is 15.0. The van der Waals surface area contributed by atoms with Crippen molar-refractivity contribution in [3.05, 3.63) is 0 Å². The van der Waals surface area contributed by atoms with Gasteiger partial charge in [0.05, 0.1) is 0 Å². The molecule has 0 saturated heterocycles. The van der Waals surface area contributed by atoms with Crippen molar-refractivity contribution >= 4 is 0 Å². The maximum absolute atomic E-state index is 2.50. The fourth-order valence-electron chi connectivity index (χ4n) is 6.61. The highest BCUT2D eigenvalue weighted by Gasteiger charge is 2.58. The van der Waals surface area contributed by atoms with E-state index >= 15 is 0 Å². The first-order valence-corrected chi connectivity index (χ1v) is 8.18. The van der Waals surface area contributed by atoms with Gasteiger partial charge in [-0.2, -0.15) is 0 Å². The second-order valence-corrected chi connectivity index (χ2v) is 9.78. The lowest BCUT2D eigenvalue weighted by molar-refractivity contribution is -0.151. The van der Waals surface area contributed by atoms with Gasteiger partial charge in [0.25, 0.3) is 0 Å². The third-order valence-corrected chi connectivity index (χ3v) is 6.42. The average Bonchev–Trinajstić information content (AvgIpc) is 2.10. The molecule has 0 spiro atoms. The van der Waals surface area contributed by atoms with Crippen molar-refractivity contribution in [2.75, 3.05) is 0 Å². The maximum atomic E-state index is 2.50. The molecule has 104 valence electrons. The molecule has 4 bridgehead atoms. The summed E-state index contributed by atoms with van der Waals surface area (Å²) in [6.07, 6.45) is 6.23. The maximum Gasteiger partial charge on any atom is -0.0305 e. The highest BCUT2D eigenvalue weighted by Crippen LogP contribution is 2.65. The van der Waals surface area contributed by atoms with Crippen LogP contribution in [-0.2, 0) is 0 Å². The molecule has 0 aliphatic heterocycles. The van der Waals surface area contributed by atoms with Gasteiger partial charge < -0.3 is 0 Å². The summed E-state index contributed by atoms with van der Waals surface area (Å²) in [4.78, 5) is 0. The molecule has 0 amide bonds. The normalized spacial score (nSPS) is 47.7. The third-order valence-electron chi connectivity index (χ3n) is 6.42. The van der Waals surface area contributed by atoms with Gasteiger partial charge in [-0.25, -0.2) is 0 Å². The Balaban J connectivity index is 1.96. The molecule has 4 aliphatic carbocycles. The van der Waals surface area contributed by atoms with Crippen molar-refractivity contribution in [3.63, 3.8) is 0 Å². The predicted molar refractivity (Wildman–Crippen MR) is 78.3 cm³/mol. The van der Waals surface area contributed by atoms with Crippen LogP contribution in [-0.4, -0.2) is 0 Å². The Morgan fingerprint density at radius 3 is 1.44 bits per heavy atom. The Morgan fingerprint density at radius 1 is 0.611 bits per heavy atom. The van der Waals surface area contributed by atoms with E-state index in [1.54, 1.807) is 25.7 Å². The lowest BCUT2D eigenvalue weighted by Crippen LogP contribution is -2.57. The van der Waals surface area contributed by atoms with Crippen LogP contribution in [0, 0.1) is 46.3 Å². The Morgan fingerprint density at radius 2 is 1.06 bits per heavy atom. The van der Waals surface area contributed by atoms with Crippen molar-refractivity contribution in [1.82, 2.24) is 0 Å². The van der Waals surface area contributed by atoms with Gasteiger partial charge in [0.2, 0.25) is 0 Å². The fraction of sp³-hybridized carbons (Fsp3) is 1.00. The zero-order valence-electron chi connectivity index (χ0n) is 13.3. The SMILES string of the molecule is CC(C)(C)C1C2CC3CC(C2)C(C(C)(C)C)C1C3. The Hall–Kier alpha value is 0. The van der Waals surface area contributed by atoms with E-state index in [1.807, 2.05) is 0 Å². The van der Waals surface area contributed by atoms with Gasteiger partial charge in [-0.05, 0) is 72.0 Å². The van der Waals surface area contributed by atoms with E-state index in [9.17, 15) is 0 Å². The molecule has 0 heterocycles. The van der Waals surface area contributed by atoms with Crippen molar-refractivity contribution in [1.29, 1.82) is 0 Å². The summed E-state index contributed by atoms with van der Waals surface area (Å²) in [5, 5.41) is 0.